The van der Waals surface area contributed by atoms with E-state index in [-0.39, 0.29) is 0 Å². The lowest BCUT2D eigenvalue weighted by Crippen LogP contribution is -2.49. The van der Waals surface area contributed by atoms with Crippen molar-refractivity contribution in [2.24, 2.45) is 0 Å². The van der Waals surface area contributed by atoms with Crippen LogP contribution < -0.4 is 0 Å². The summed E-state index contributed by atoms with van der Waals surface area (Å²) in [4.78, 5) is 2.64. The molecule has 2 aliphatic rings. The van der Waals surface area contributed by atoms with Crippen molar-refractivity contribution in [3.8, 4) is 0 Å². The van der Waals surface area contributed by atoms with Gasteiger partial charge in [0.1, 0.15) is 0 Å². The zero-order valence-electron chi connectivity index (χ0n) is 11.2. The number of hydrogen-bond donors (Lipinski definition) is 1. The summed E-state index contributed by atoms with van der Waals surface area (Å²) < 4.78 is 0. The van der Waals surface area contributed by atoms with Gasteiger partial charge in [0.25, 0.3) is 0 Å². The molecule has 1 N–H and O–H groups in total. The molecule has 0 aliphatic carbocycles. The van der Waals surface area contributed by atoms with Crippen molar-refractivity contribution in [2.75, 3.05) is 6.54 Å². The first kappa shape index (κ1) is 12.2. The standard InChI is InChI=1S/C16H23NO/c1-2-10-17-14-8-9-15(17)12-16(18,11-14)13-6-4-3-5-7-13/h3-7,14-15,18H,2,8-12H2,1H3/t14-,15-/m0/s1. The van der Waals surface area contributed by atoms with E-state index in [1.54, 1.807) is 0 Å². The molecule has 2 aliphatic heterocycles. The Labute approximate surface area is 110 Å². The molecule has 0 spiro atoms. The molecule has 2 bridgehead atoms. The average molecular weight is 245 g/mol. The van der Waals surface area contributed by atoms with Gasteiger partial charge in [-0.2, -0.15) is 0 Å². The Hall–Kier alpha value is -0.860. The third-order valence-electron chi connectivity index (χ3n) is 4.71. The summed E-state index contributed by atoms with van der Waals surface area (Å²) in [7, 11) is 0. The number of aliphatic hydroxyl groups is 1. The van der Waals surface area contributed by atoms with E-state index in [1.807, 2.05) is 18.2 Å². The van der Waals surface area contributed by atoms with Crippen LogP contribution in [0.5, 0.6) is 0 Å². The Bertz CT molecular complexity index is 389. The van der Waals surface area contributed by atoms with E-state index < -0.39 is 5.60 Å². The molecule has 2 nitrogen and oxygen atoms in total. The Kier molecular flexibility index (Phi) is 3.16. The topological polar surface area (TPSA) is 23.5 Å². The molecule has 2 fully saturated rings. The maximum absolute atomic E-state index is 11.0. The van der Waals surface area contributed by atoms with Crippen molar-refractivity contribution in [2.45, 2.75) is 56.7 Å². The van der Waals surface area contributed by atoms with Crippen molar-refractivity contribution < 1.29 is 5.11 Å². The fourth-order valence-electron chi connectivity index (χ4n) is 3.92. The number of hydrogen-bond acceptors (Lipinski definition) is 2. The first-order valence-corrected chi connectivity index (χ1v) is 7.26. The number of fused-ring (bicyclic) bond motifs is 2. The molecular weight excluding hydrogens is 222 g/mol. The molecule has 2 atom stereocenters. The molecule has 18 heavy (non-hydrogen) atoms. The average Bonchev–Trinajstić information content (AvgIpc) is 2.64. The molecule has 0 saturated carbocycles. The minimum Gasteiger partial charge on any atom is -0.385 e. The second-order valence-corrected chi connectivity index (χ2v) is 5.93. The molecule has 0 amide bonds. The zero-order valence-corrected chi connectivity index (χ0v) is 11.2. The molecule has 0 aromatic heterocycles. The smallest absolute Gasteiger partial charge is 0.0926 e. The van der Waals surface area contributed by atoms with Crippen LogP contribution in [-0.4, -0.2) is 28.6 Å². The van der Waals surface area contributed by atoms with Crippen LogP contribution in [0.15, 0.2) is 30.3 Å². The van der Waals surface area contributed by atoms with E-state index in [4.69, 9.17) is 0 Å². The maximum Gasteiger partial charge on any atom is 0.0926 e. The fraction of sp³-hybridized carbons (Fsp3) is 0.625. The minimum absolute atomic E-state index is 0.586. The van der Waals surface area contributed by atoms with Crippen LogP contribution in [-0.2, 0) is 5.60 Å². The first-order chi connectivity index (χ1) is 8.73. The molecule has 0 unspecified atom stereocenters. The van der Waals surface area contributed by atoms with Gasteiger partial charge in [-0.05, 0) is 44.2 Å². The molecule has 3 rings (SSSR count). The molecule has 0 radical (unpaired) electrons. The Morgan fingerprint density at radius 2 is 1.78 bits per heavy atom. The van der Waals surface area contributed by atoms with Gasteiger partial charge in [-0.3, -0.25) is 4.90 Å². The third kappa shape index (κ3) is 1.98. The van der Waals surface area contributed by atoms with Crippen LogP contribution in [0.4, 0.5) is 0 Å². The van der Waals surface area contributed by atoms with Gasteiger partial charge in [0.05, 0.1) is 5.60 Å². The molecule has 98 valence electrons. The van der Waals surface area contributed by atoms with Crippen LogP contribution in [0, 0.1) is 0 Å². The minimum atomic E-state index is -0.586. The van der Waals surface area contributed by atoms with Crippen LogP contribution in [0.2, 0.25) is 0 Å². The van der Waals surface area contributed by atoms with Crippen molar-refractivity contribution in [3.63, 3.8) is 0 Å². The summed E-state index contributed by atoms with van der Waals surface area (Å²) in [5.41, 5.74) is 0.523. The highest BCUT2D eigenvalue weighted by Gasteiger charge is 2.47. The van der Waals surface area contributed by atoms with Crippen molar-refractivity contribution >= 4 is 0 Å². The fourth-order valence-corrected chi connectivity index (χ4v) is 3.92. The van der Waals surface area contributed by atoms with E-state index >= 15 is 0 Å². The predicted octanol–water partition coefficient (Wildman–Crippen LogP) is 2.91. The molecule has 1 aromatic rings. The molecule has 2 heteroatoms. The lowest BCUT2D eigenvalue weighted by molar-refractivity contribution is -0.0567. The summed E-state index contributed by atoms with van der Waals surface area (Å²) in [5.74, 6) is 0. The van der Waals surface area contributed by atoms with Crippen LogP contribution in [0.1, 0.15) is 44.6 Å². The summed E-state index contributed by atoms with van der Waals surface area (Å²) in [6.45, 7) is 3.44. The van der Waals surface area contributed by atoms with Crippen molar-refractivity contribution in [1.29, 1.82) is 0 Å². The second kappa shape index (κ2) is 4.67. The highest BCUT2D eigenvalue weighted by atomic mass is 16.3. The van der Waals surface area contributed by atoms with E-state index in [9.17, 15) is 5.11 Å². The number of piperidine rings is 1. The summed E-state index contributed by atoms with van der Waals surface area (Å²) in [6.07, 6.45) is 5.57. The zero-order chi connectivity index (χ0) is 12.6. The Morgan fingerprint density at radius 3 is 2.33 bits per heavy atom. The van der Waals surface area contributed by atoms with Gasteiger partial charge in [-0.1, -0.05) is 37.3 Å². The Balaban J connectivity index is 1.83. The van der Waals surface area contributed by atoms with E-state index in [0.717, 1.165) is 18.4 Å². The van der Waals surface area contributed by atoms with Crippen molar-refractivity contribution in [3.05, 3.63) is 35.9 Å². The van der Waals surface area contributed by atoms with E-state index in [2.05, 4.69) is 24.0 Å². The van der Waals surface area contributed by atoms with Gasteiger partial charge in [-0.25, -0.2) is 0 Å². The van der Waals surface area contributed by atoms with Crippen molar-refractivity contribution in [1.82, 2.24) is 4.90 Å². The summed E-state index contributed by atoms with van der Waals surface area (Å²) in [5, 5.41) is 11.0. The number of benzene rings is 1. The SMILES string of the molecule is CCCN1[C@H]2CC[C@H]1CC(O)(c1ccccc1)C2. The number of rotatable bonds is 3. The molecule has 2 saturated heterocycles. The maximum atomic E-state index is 11.0. The van der Waals surface area contributed by atoms with Gasteiger partial charge in [0, 0.05) is 12.1 Å². The molecule has 2 heterocycles. The highest BCUT2D eigenvalue weighted by molar-refractivity contribution is 5.24. The summed E-state index contributed by atoms with van der Waals surface area (Å²) in [6, 6.07) is 11.4. The lowest BCUT2D eigenvalue weighted by Gasteiger charge is -2.44. The van der Waals surface area contributed by atoms with Gasteiger partial charge in [0.2, 0.25) is 0 Å². The lowest BCUT2D eigenvalue weighted by atomic mass is 9.80. The van der Waals surface area contributed by atoms with Gasteiger partial charge >= 0.3 is 0 Å². The monoisotopic (exact) mass is 245 g/mol. The molecule has 1 aromatic carbocycles. The predicted molar refractivity (Wildman–Crippen MR) is 73.4 cm³/mol. The van der Waals surface area contributed by atoms with Crippen LogP contribution >= 0.6 is 0 Å². The van der Waals surface area contributed by atoms with Gasteiger partial charge in [-0.15, -0.1) is 0 Å². The second-order valence-electron chi connectivity index (χ2n) is 5.93. The third-order valence-corrected chi connectivity index (χ3v) is 4.71. The largest absolute Gasteiger partial charge is 0.385 e. The highest BCUT2D eigenvalue weighted by Crippen LogP contribution is 2.45. The van der Waals surface area contributed by atoms with Gasteiger partial charge < -0.3 is 5.11 Å². The van der Waals surface area contributed by atoms with Crippen LogP contribution in [0.3, 0.4) is 0 Å². The van der Waals surface area contributed by atoms with E-state index in [0.29, 0.717) is 12.1 Å². The van der Waals surface area contributed by atoms with Gasteiger partial charge in [0.15, 0.2) is 0 Å². The quantitative estimate of drug-likeness (QED) is 0.885. The summed E-state index contributed by atoms with van der Waals surface area (Å²) >= 11 is 0. The van der Waals surface area contributed by atoms with Crippen LogP contribution in [0.25, 0.3) is 0 Å². The first-order valence-electron chi connectivity index (χ1n) is 7.26. The Morgan fingerprint density at radius 1 is 1.17 bits per heavy atom. The van der Waals surface area contributed by atoms with E-state index in [1.165, 1.54) is 25.8 Å². The molecular formula is C16H23NO. The normalized spacial score (nSPS) is 35.9. The number of nitrogens with zero attached hydrogens (tertiary/aromatic N) is 1.